The summed E-state index contributed by atoms with van der Waals surface area (Å²) >= 11 is 0. The van der Waals surface area contributed by atoms with Gasteiger partial charge in [-0.25, -0.2) is 0 Å². The molecule has 0 unspecified atom stereocenters. The van der Waals surface area contributed by atoms with Crippen LogP contribution in [0.15, 0.2) is 0 Å². The number of nitrogens with two attached hydrogens (primary N) is 1. The molecule has 0 bridgehead atoms. The van der Waals surface area contributed by atoms with Gasteiger partial charge in [0.15, 0.2) is 0 Å². The van der Waals surface area contributed by atoms with Gasteiger partial charge in [-0.3, -0.25) is 4.79 Å². The van der Waals surface area contributed by atoms with Crippen molar-refractivity contribution >= 4 is 12.2 Å². The van der Waals surface area contributed by atoms with Crippen LogP contribution in [-0.4, -0.2) is 24.8 Å². The minimum Gasteiger partial charge on any atom is -0.356 e. The van der Waals surface area contributed by atoms with E-state index in [0.717, 1.165) is 0 Å². The third kappa shape index (κ3) is 5.54. The third-order valence-electron chi connectivity index (χ3n) is 1.25. The molecule has 0 aliphatic carbocycles. The first-order valence-corrected chi connectivity index (χ1v) is 3.68. The predicted octanol–water partition coefficient (Wildman–Crippen LogP) is -0.571. The lowest BCUT2D eigenvalue weighted by molar-refractivity contribution is -0.121. The molecule has 64 valence electrons. The molecular formula is C7H14N2O2. The van der Waals surface area contributed by atoms with Crippen LogP contribution in [0.25, 0.3) is 0 Å². The largest absolute Gasteiger partial charge is 0.356 e. The van der Waals surface area contributed by atoms with Crippen LogP contribution >= 0.6 is 0 Å². The van der Waals surface area contributed by atoms with E-state index in [1.54, 1.807) is 0 Å². The zero-order valence-electron chi connectivity index (χ0n) is 6.67. The molecule has 0 saturated heterocycles. The van der Waals surface area contributed by atoms with E-state index in [4.69, 9.17) is 5.73 Å². The average molecular weight is 158 g/mol. The minimum atomic E-state index is -0.502. The van der Waals surface area contributed by atoms with Gasteiger partial charge in [0, 0.05) is 13.0 Å². The van der Waals surface area contributed by atoms with Gasteiger partial charge < -0.3 is 15.8 Å². The fourth-order valence-corrected chi connectivity index (χ4v) is 0.651. The van der Waals surface area contributed by atoms with E-state index < -0.39 is 6.04 Å². The summed E-state index contributed by atoms with van der Waals surface area (Å²) in [5, 5.41) is 2.61. The van der Waals surface area contributed by atoms with E-state index in [-0.39, 0.29) is 5.91 Å². The summed E-state index contributed by atoms with van der Waals surface area (Å²) < 4.78 is 0. The summed E-state index contributed by atoms with van der Waals surface area (Å²) in [7, 11) is 0. The van der Waals surface area contributed by atoms with Gasteiger partial charge in [0.25, 0.3) is 0 Å². The van der Waals surface area contributed by atoms with E-state index in [1.165, 1.54) is 0 Å². The van der Waals surface area contributed by atoms with E-state index in [1.807, 2.05) is 6.92 Å². The van der Waals surface area contributed by atoms with Gasteiger partial charge in [-0.15, -0.1) is 0 Å². The SMILES string of the molecule is CCNC(=O)CC[C@H](N)C=O. The van der Waals surface area contributed by atoms with Crippen molar-refractivity contribution in [2.24, 2.45) is 5.73 Å². The van der Waals surface area contributed by atoms with Crippen LogP contribution in [0.1, 0.15) is 19.8 Å². The second-order valence-corrected chi connectivity index (χ2v) is 2.29. The molecule has 0 aromatic carbocycles. The summed E-state index contributed by atoms with van der Waals surface area (Å²) in [5.41, 5.74) is 5.27. The number of amides is 1. The number of hydrogen-bond acceptors (Lipinski definition) is 3. The molecule has 0 saturated carbocycles. The molecule has 0 aliphatic heterocycles. The summed E-state index contributed by atoms with van der Waals surface area (Å²) in [4.78, 5) is 20.8. The first-order chi connectivity index (χ1) is 5.20. The maximum atomic E-state index is 10.8. The van der Waals surface area contributed by atoms with Gasteiger partial charge in [-0.05, 0) is 13.3 Å². The highest BCUT2D eigenvalue weighted by molar-refractivity contribution is 5.76. The van der Waals surface area contributed by atoms with E-state index in [9.17, 15) is 9.59 Å². The summed E-state index contributed by atoms with van der Waals surface area (Å²) in [5.74, 6) is -0.0511. The fraction of sp³-hybridized carbons (Fsp3) is 0.714. The number of carbonyl (C=O) groups is 2. The molecule has 0 rings (SSSR count). The Morgan fingerprint density at radius 2 is 2.36 bits per heavy atom. The Kier molecular flexibility index (Phi) is 5.37. The molecule has 1 amide bonds. The Morgan fingerprint density at radius 1 is 1.73 bits per heavy atom. The van der Waals surface area contributed by atoms with Crippen LogP contribution in [0.4, 0.5) is 0 Å². The van der Waals surface area contributed by atoms with Crippen molar-refractivity contribution in [3.8, 4) is 0 Å². The van der Waals surface area contributed by atoms with Gasteiger partial charge in [-0.2, -0.15) is 0 Å². The molecule has 3 N–H and O–H groups in total. The quantitative estimate of drug-likeness (QED) is 0.526. The molecule has 11 heavy (non-hydrogen) atoms. The van der Waals surface area contributed by atoms with Crippen molar-refractivity contribution in [3.63, 3.8) is 0 Å². The molecule has 0 radical (unpaired) electrons. The van der Waals surface area contributed by atoms with Crippen molar-refractivity contribution in [2.45, 2.75) is 25.8 Å². The molecule has 4 nitrogen and oxygen atoms in total. The van der Waals surface area contributed by atoms with Gasteiger partial charge >= 0.3 is 0 Å². The highest BCUT2D eigenvalue weighted by Crippen LogP contribution is 1.90. The molecule has 0 fully saturated rings. The number of aldehydes is 1. The maximum absolute atomic E-state index is 10.8. The Morgan fingerprint density at radius 3 is 2.82 bits per heavy atom. The Balaban J connectivity index is 3.37. The summed E-state index contributed by atoms with van der Waals surface area (Å²) in [6.45, 7) is 2.46. The molecular weight excluding hydrogens is 144 g/mol. The molecule has 1 atom stereocenters. The number of rotatable bonds is 5. The third-order valence-corrected chi connectivity index (χ3v) is 1.25. The molecule has 0 aliphatic rings. The van der Waals surface area contributed by atoms with Gasteiger partial charge in [0.1, 0.15) is 6.29 Å². The van der Waals surface area contributed by atoms with Crippen molar-refractivity contribution in [1.82, 2.24) is 5.32 Å². The Labute approximate surface area is 66.1 Å². The Hall–Kier alpha value is -0.900. The lowest BCUT2D eigenvalue weighted by Crippen LogP contribution is -2.27. The van der Waals surface area contributed by atoms with E-state index >= 15 is 0 Å². The molecule has 0 aromatic rings. The maximum Gasteiger partial charge on any atom is 0.220 e. The molecule has 0 heterocycles. The monoisotopic (exact) mass is 158 g/mol. The van der Waals surface area contributed by atoms with Crippen LogP contribution in [0.5, 0.6) is 0 Å². The van der Waals surface area contributed by atoms with Crippen LogP contribution in [-0.2, 0) is 9.59 Å². The normalized spacial score (nSPS) is 12.2. The zero-order chi connectivity index (χ0) is 8.69. The van der Waals surface area contributed by atoms with Crippen molar-refractivity contribution in [3.05, 3.63) is 0 Å². The van der Waals surface area contributed by atoms with Crippen LogP contribution in [0, 0.1) is 0 Å². The van der Waals surface area contributed by atoms with E-state index in [0.29, 0.717) is 25.7 Å². The first-order valence-electron chi connectivity index (χ1n) is 3.68. The van der Waals surface area contributed by atoms with Crippen LogP contribution in [0.3, 0.4) is 0 Å². The lowest BCUT2D eigenvalue weighted by atomic mass is 10.2. The van der Waals surface area contributed by atoms with Gasteiger partial charge in [0.2, 0.25) is 5.91 Å². The summed E-state index contributed by atoms with van der Waals surface area (Å²) in [6.07, 6.45) is 1.41. The minimum absolute atomic E-state index is 0.0511. The second-order valence-electron chi connectivity index (χ2n) is 2.29. The van der Waals surface area contributed by atoms with Crippen molar-refractivity contribution in [2.75, 3.05) is 6.54 Å². The molecule has 0 aromatic heterocycles. The highest BCUT2D eigenvalue weighted by Gasteiger charge is 2.03. The molecule has 4 heteroatoms. The van der Waals surface area contributed by atoms with Crippen LogP contribution < -0.4 is 11.1 Å². The van der Waals surface area contributed by atoms with Crippen molar-refractivity contribution in [1.29, 1.82) is 0 Å². The number of carbonyl (C=O) groups excluding carboxylic acids is 2. The first kappa shape index (κ1) is 10.1. The van der Waals surface area contributed by atoms with E-state index in [2.05, 4.69) is 5.32 Å². The van der Waals surface area contributed by atoms with Crippen molar-refractivity contribution < 1.29 is 9.59 Å². The lowest BCUT2D eigenvalue weighted by Gasteiger charge is -2.03. The standard InChI is InChI=1S/C7H14N2O2/c1-2-9-7(11)4-3-6(8)5-10/h5-6H,2-4,8H2,1H3,(H,9,11)/t6-/m0/s1. The number of hydrogen-bond donors (Lipinski definition) is 2. The Bertz CT molecular complexity index is 136. The average Bonchev–Trinajstić information content (AvgIpc) is 2.01. The highest BCUT2D eigenvalue weighted by atomic mass is 16.1. The smallest absolute Gasteiger partial charge is 0.220 e. The fourth-order valence-electron chi connectivity index (χ4n) is 0.651. The molecule has 0 spiro atoms. The zero-order valence-corrected chi connectivity index (χ0v) is 6.67. The predicted molar refractivity (Wildman–Crippen MR) is 42.0 cm³/mol. The summed E-state index contributed by atoms with van der Waals surface area (Å²) in [6, 6.07) is -0.502. The topological polar surface area (TPSA) is 72.2 Å². The van der Waals surface area contributed by atoms with Gasteiger partial charge in [-0.1, -0.05) is 0 Å². The second kappa shape index (κ2) is 5.85. The number of nitrogens with one attached hydrogen (secondary N) is 1. The van der Waals surface area contributed by atoms with Crippen LogP contribution in [0.2, 0.25) is 0 Å². The van der Waals surface area contributed by atoms with Gasteiger partial charge in [0.05, 0.1) is 6.04 Å².